The van der Waals surface area contributed by atoms with Gasteiger partial charge in [-0.15, -0.1) is 0 Å². The normalized spacial score (nSPS) is 46.3. The van der Waals surface area contributed by atoms with Crippen LogP contribution < -0.4 is 70.1 Å². The highest BCUT2D eigenvalue weighted by Crippen LogP contribution is 2.30. The van der Waals surface area contributed by atoms with E-state index in [9.17, 15) is 0 Å². The van der Waals surface area contributed by atoms with Gasteiger partial charge in [-0.25, -0.2) is 5.84 Å². The summed E-state index contributed by atoms with van der Waals surface area (Å²) in [5, 5.41) is -13.4. The molecule has 2 rings (SSSR count). The molecule has 0 radical (unpaired) electrons. The van der Waals surface area contributed by atoms with Crippen LogP contribution in [0.5, 0.6) is 0 Å². The molecule has 2 heterocycles. The fraction of sp³-hybridized carbons (Fsp3) is 1.00. The standard InChI is InChI=1S/C2H20I3N15O13.HI/c1-13-25-15(7,22-3)28-20(12)32-18(10,26-13)30-16(8,23-4)29-17(9,24-5)31-19(11,33-20)27-14(6)21-2;/h6-12H2,1-2H3;1H/q+6;. The summed E-state index contributed by atoms with van der Waals surface area (Å²) < 4.78 is 14.3. The first-order chi connectivity index (χ1) is 15.0. The number of hydrogen-bond acceptors (Lipinski definition) is 21. The van der Waals surface area contributed by atoms with Gasteiger partial charge < -0.3 is 24.0 Å². The van der Waals surface area contributed by atoms with E-state index >= 15 is 0 Å². The molecular formula is C2H21I4N15O13+6. The minimum atomic E-state index is -2.38. The van der Waals surface area contributed by atoms with Crippen molar-refractivity contribution in [1.82, 2.24) is 5.34 Å². The molecule has 34 heavy (non-hydrogen) atoms. The lowest BCUT2D eigenvalue weighted by Crippen LogP contribution is -3.13. The van der Waals surface area contributed by atoms with Gasteiger partial charge in [0.1, 0.15) is 16.9 Å². The van der Waals surface area contributed by atoms with Gasteiger partial charge in [-0.05, 0) is 9.50 Å². The molecule has 7 atom stereocenters. The molecule has 2 bridgehead atoms. The van der Waals surface area contributed by atoms with E-state index in [1.165, 1.54) is 69.0 Å². The van der Waals surface area contributed by atoms with Gasteiger partial charge in [-0.2, -0.15) is 0 Å². The van der Waals surface area contributed by atoms with E-state index in [-0.39, 0.29) is 29.3 Å². The number of halogens is 4. The fourth-order valence-corrected chi connectivity index (χ4v) is 2.17. The number of hydrogen-bond donors (Lipinski definition) is 8. The van der Waals surface area contributed by atoms with Crippen molar-refractivity contribution >= 4 is 69.0 Å². The zero-order valence-corrected chi connectivity index (χ0v) is 25.1. The van der Waals surface area contributed by atoms with Crippen LogP contribution in [0.15, 0.2) is 0 Å². The molecule has 0 aromatic carbocycles. The summed E-state index contributed by atoms with van der Waals surface area (Å²) in [6.45, 7) is 0. The quantitative estimate of drug-likeness (QED) is 0.0531. The number of hydrazine groups is 1. The van der Waals surface area contributed by atoms with E-state index in [1.807, 2.05) is 0 Å². The lowest BCUT2D eigenvalue weighted by molar-refractivity contribution is -1.82. The van der Waals surface area contributed by atoms with Crippen LogP contribution in [0.25, 0.3) is 0 Å². The summed E-state index contributed by atoms with van der Waals surface area (Å²) in [6.07, 6.45) is 0. The molecule has 15 N–H and O–H groups in total. The molecule has 2 saturated heterocycles. The Bertz CT molecular complexity index is 692. The van der Waals surface area contributed by atoms with Crippen LogP contribution in [-0.4, -0.2) is 50.0 Å². The van der Waals surface area contributed by atoms with Crippen LogP contribution in [0.2, 0.25) is 0 Å². The highest BCUT2D eigenvalue weighted by molar-refractivity contribution is 14.1. The Kier molecular flexibility index (Phi) is 12.3. The third kappa shape index (κ3) is 8.93. The van der Waals surface area contributed by atoms with Gasteiger partial charge in [0.25, 0.3) is 0 Å². The van der Waals surface area contributed by atoms with E-state index in [4.69, 9.17) is 94.8 Å². The lowest BCUT2D eigenvalue weighted by atomic mass is 11.5. The highest BCUT2D eigenvalue weighted by atomic mass is 127. The van der Waals surface area contributed by atoms with Crippen LogP contribution in [0.1, 0.15) is 0 Å². The number of hydroxylamine groups is 2. The van der Waals surface area contributed by atoms with Crippen molar-refractivity contribution < 1.29 is 118 Å². The first-order valence-corrected chi connectivity index (χ1v) is 9.88. The van der Waals surface area contributed by atoms with Gasteiger partial charge in [-0.3, -0.25) is 4.84 Å². The Balaban J connectivity index is 0.00000578. The number of rotatable bonds is 6. The first kappa shape index (κ1) is 33.8. The van der Waals surface area contributed by atoms with Gasteiger partial charge >= 0.3 is 30.5 Å². The molecule has 32 heteroatoms. The van der Waals surface area contributed by atoms with Crippen molar-refractivity contribution in [1.29, 1.82) is 0 Å². The molecule has 0 spiro atoms. The molecule has 0 aliphatic carbocycles. The first-order valence-electron chi connectivity index (χ1n) is 7.24. The maximum atomic E-state index is 5.86. The molecular weight excluding hydrogens is 950 g/mol. The minimum Gasteiger partial charge on any atom is -1.00 e. The van der Waals surface area contributed by atoms with Crippen molar-refractivity contribution in [3.63, 3.8) is 0 Å². The van der Waals surface area contributed by atoms with Gasteiger partial charge in [0, 0.05) is 4.94 Å². The SMILES string of the molecule is CON(N)O[N+]1(N)O[N+](N)(OI)O[N+](N)(OI)O[N+]2(N)O[NH+](C)O[N+](N)(OI)O[N+](N)(O1)O2.[I-]. The van der Waals surface area contributed by atoms with E-state index < -0.39 is 35.7 Å². The third-order valence-electron chi connectivity index (χ3n) is 2.54. The molecule has 7 unspecified atom stereocenters. The molecule has 0 aromatic rings. The lowest BCUT2D eigenvalue weighted by Gasteiger charge is -2.31. The van der Waals surface area contributed by atoms with Gasteiger partial charge in [0.15, 0.2) is 9.88 Å². The second kappa shape index (κ2) is 12.3. The average Bonchev–Trinajstić information content (AvgIpc) is 2.64. The molecule has 2 aliphatic heterocycles. The monoisotopic (exact) mass is 971 g/mol. The highest BCUT2D eigenvalue weighted by Gasteiger charge is 2.78. The van der Waals surface area contributed by atoms with Gasteiger partial charge in [0.05, 0.1) is 17.7 Å². The summed E-state index contributed by atoms with van der Waals surface area (Å²) in [6, 6.07) is 0. The summed E-state index contributed by atoms with van der Waals surface area (Å²) in [7, 11) is 2.18. The van der Waals surface area contributed by atoms with Gasteiger partial charge in [-0.1, -0.05) is 35.1 Å². The Labute approximate surface area is 246 Å². The van der Waals surface area contributed by atoms with E-state index in [0.29, 0.717) is 0 Å². The zero-order valence-electron chi connectivity index (χ0n) is 16.5. The molecule has 2 fully saturated rings. The number of fused-ring (bicyclic) bond motifs is 2. The number of nitrogens with one attached hydrogen (secondary N) is 1. The van der Waals surface area contributed by atoms with Crippen LogP contribution in [0.4, 0.5) is 0 Å². The van der Waals surface area contributed by atoms with Gasteiger partial charge in [0.2, 0.25) is 88.8 Å². The van der Waals surface area contributed by atoms with E-state index in [2.05, 4.69) is 4.84 Å². The van der Waals surface area contributed by atoms with Crippen LogP contribution in [0, 0.1) is 0 Å². The van der Waals surface area contributed by atoms with E-state index in [1.54, 1.807) is 0 Å². The largest absolute Gasteiger partial charge is 1.00 e. The molecule has 2 aliphatic rings. The molecule has 204 valence electrons. The predicted molar refractivity (Wildman–Crippen MR) is 102 cm³/mol. The smallest absolute Gasteiger partial charge is 0.360 e. The minimum absolute atomic E-state index is 0. The fourth-order valence-electron chi connectivity index (χ4n) is 1.73. The second-order valence-electron chi connectivity index (χ2n) is 5.16. The van der Waals surface area contributed by atoms with Crippen molar-refractivity contribution in [2.45, 2.75) is 0 Å². The number of quaternary nitrogens is 7. The number of nitrogens with zero attached hydrogens (tertiary/aromatic N) is 7. The molecule has 0 aromatic heterocycles. The average molecular weight is 971 g/mol. The summed E-state index contributed by atoms with van der Waals surface area (Å²) in [5.41, 5.74) is 0. The zero-order chi connectivity index (χ0) is 25.3. The maximum absolute atomic E-state index is 5.86. The molecule has 28 nitrogen and oxygen atoms in total. The van der Waals surface area contributed by atoms with Crippen molar-refractivity contribution in [2.24, 2.45) is 40.9 Å². The molecule has 0 amide bonds. The Hall–Kier alpha value is 1.80. The topological polar surface area (TPSA) is 310 Å². The Morgan fingerprint density at radius 3 is 1.62 bits per heavy atom. The van der Waals surface area contributed by atoms with Crippen LogP contribution in [-0.2, 0) is 58.8 Å². The summed E-state index contributed by atoms with van der Waals surface area (Å²) >= 11 is 3.59. The van der Waals surface area contributed by atoms with Crippen molar-refractivity contribution in [3.8, 4) is 0 Å². The number of nitrogens with two attached hydrogens (primary N) is 7. The van der Waals surface area contributed by atoms with Crippen LogP contribution in [0.3, 0.4) is 0 Å². The summed E-state index contributed by atoms with van der Waals surface area (Å²) in [5.74, 6) is 40.1. The molecule has 0 saturated carbocycles. The van der Waals surface area contributed by atoms with E-state index in [0.717, 1.165) is 14.2 Å². The van der Waals surface area contributed by atoms with Crippen LogP contribution >= 0.6 is 69.0 Å². The summed E-state index contributed by atoms with van der Waals surface area (Å²) in [4.78, 5) is 49.7. The second-order valence-corrected chi connectivity index (χ2v) is 6.34. The van der Waals surface area contributed by atoms with Crippen molar-refractivity contribution in [3.05, 3.63) is 0 Å². The predicted octanol–water partition coefficient (Wildman–Crippen LogP) is -9.12. The van der Waals surface area contributed by atoms with Crippen molar-refractivity contribution in [2.75, 3.05) is 14.2 Å². The Morgan fingerprint density at radius 2 is 1.12 bits per heavy atom. The third-order valence-corrected chi connectivity index (χ3v) is 4.19. The maximum Gasteiger partial charge on any atom is 0.360 e. The Morgan fingerprint density at radius 1 is 0.676 bits per heavy atom.